The number of alkyl halides is 1. The first-order valence-corrected chi connectivity index (χ1v) is 11.5. The van der Waals surface area contributed by atoms with Crippen LogP contribution in [0.2, 0.25) is 0 Å². The SMILES string of the molecule is COCCNC(=O)N1CCC2(C1)C(=O)N(C(C)C)CC(=O)N2CC1CCC(Cl)CC1. The Morgan fingerprint density at radius 1 is 1.27 bits per heavy atom. The Morgan fingerprint density at radius 3 is 2.60 bits per heavy atom. The van der Waals surface area contributed by atoms with Gasteiger partial charge in [0.1, 0.15) is 12.1 Å². The van der Waals surface area contributed by atoms with E-state index < -0.39 is 5.54 Å². The highest BCUT2D eigenvalue weighted by Gasteiger charge is 2.57. The normalized spacial score (nSPS) is 30.0. The first-order chi connectivity index (χ1) is 14.3. The van der Waals surface area contributed by atoms with Gasteiger partial charge in [0.25, 0.3) is 5.91 Å². The molecule has 1 unspecified atom stereocenters. The lowest BCUT2D eigenvalue weighted by atomic mass is 9.84. The molecule has 1 saturated carbocycles. The number of likely N-dealkylation sites (tertiary alicyclic amines) is 1. The van der Waals surface area contributed by atoms with E-state index >= 15 is 0 Å². The van der Waals surface area contributed by atoms with Gasteiger partial charge in [-0.3, -0.25) is 9.59 Å². The zero-order valence-corrected chi connectivity index (χ0v) is 19.1. The average molecular weight is 443 g/mol. The molecule has 8 nitrogen and oxygen atoms in total. The van der Waals surface area contributed by atoms with Crippen LogP contribution in [-0.4, -0.2) is 95.9 Å². The Kier molecular flexibility index (Phi) is 7.50. The number of piperazine rings is 1. The van der Waals surface area contributed by atoms with Crippen molar-refractivity contribution >= 4 is 29.4 Å². The largest absolute Gasteiger partial charge is 0.383 e. The van der Waals surface area contributed by atoms with Crippen molar-refractivity contribution < 1.29 is 19.1 Å². The van der Waals surface area contributed by atoms with Crippen molar-refractivity contribution in [3.05, 3.63) is 0 Å². The van der Waals surface area contributed by atoms with Crippen molar-refractivity contribution in [3.63, 3.8) is 0 Å². The summed E-state index contributed by atoms with van der Waals surface area (Å²) in [5.41, 5.74) is -0.962. The summed E-state index contributed by atoms with van der Waals surface area (Å²) in [4.78, 5) is 44.5. The molecule has 1 N–H and O–H groups in total. The minimum atomic E-state index is -0.962. The van der Waals surface area contributed by atoms with E-state index in [1.165, 1.54) is 0 Å². The quantitative estimate of drug-likeness (QED) is 0.501. The summed E-state index contributed by atoms with van der Waals surface area (Å²) in [5.74, 6) is 0.303. The molecule has 1 aliphatic carbocycles. The Morgan fingerprint density at radius 2 is 1.97 bits per heavy atom. The van der Waals surface area contributed by atoms with Gasteiger partial charge >= 0.3 is 6.03 Å². The number of halogens is 1. The topological polar surface area (TPSA) is 82.2 Å². The second-order valence-corrected chi connectivity index (χ2v) is 9.69. The van der Waals surface area contributed by atoms with Gasteiger partial charge in [-0.1, -0.05) is 0 Å². The molecule has 30 heavy (non-hydrogen) atoms. The molecule has 3 rings (SSSR count). The molecule has 1 atom stereocenters. The fraction of sp³-hybridized carbons (Fsp3) is 0.857. The number of hydrogen-bond acceptors (Lipinski definition) is 4. The van der Waals surface area contributed by atoms with E-state index in [1.54, 1.807) is 21.8 Å². The van der Waals surface area contributed by atoms with E-state index in [0.717, 1.165) is 25.7 Å². The summed E-state index contributed by atoms with van der Waals surface area (Å²) in [6.07, 6.45) is 4.31. The van der Waals surface area contributed by atoms with Crippen LogP contribution in [-0.2, 0) is 14.3 Å². The lowest BCUT2D eigenvalue weighted by Gasteiger charge is -2.49. The number of carbonyl (C=O) groups excluding carboxylic acids is 3. The number of carbonyl (C=O) groups is 3. The molecule has 3 fully saturated rings. The van der Waals surface area contributed by atoms with E-state index in [0.29, 0.717) is 38.6 Å². The number of rotatable bonds is 6. The third kappa shape index (κ3) is 4.69. The molecule has 2 heterocycles. The van der Waals surface area contributed by atoms with Gasteiger partial charge in [0.05, 0.1) is 13.2 Å². The maximum absolute atomic E-state index is 13.6. The van der Waals surface area contributed by atoms with Crippen LogP contribution in [0.15, 0.2) is 0 Å². The molecule has 170 valence electrons. The second kappa shape index (κ2) is 9.73. The maximum atomic E-state index is 13.6. The fourth-order valence-electron chi connectivity index (χ4n) is 4.91. The molecule has 2 saturated heterocycles. The number of ether oxygens (including phenoxy) is 1. The summed E-state index contributed by atoms with van der Waals surface area (Å²) in [5, 5.41) is 3.04. The van der Waals surface area contributed by atoms with Crippen molar-refractivity contribution in [1.29, 1.82) is 0 Å². The van der Waals surface area contributed by atoms with Gasteiger partial charge in [-0.25, -0.2) is 4.79 Å². The van der Waals surface area contributed by atoms with Crippen LogP contribution >= 0.6 is 11.6 Å². The van der Waals surface area contributed by atoms with Crippen molar-refractivity contribution in [2.75, 3.05) is 46.4 Å². The Labute approximate surface area is 184 Å². The van der Waals surface area contributed by atoms with Gasteiger partial charge in [-0.15, -0.1) is 11.6 Å². The molecule has 4 amide bonds. The first-order valence-electron chi connectivity index (χ1n) is 11.1. The van der Waals surface area contributed by atoms with Gasteiger partial charge < -0.3 is 24.8 Å². The third-order valence-electron chi connectivity index (χ3n) is 6.74. The third-order valence-corrected chi connectivity index (χ3v) is 7.18. The smallest absolute Gasteiger partial charge is 0.317 e. The Bertz CT molecular complexity index is 653. The van der Waals surface area contributed by atoms with E-state index in [1.807, 2.05) is 13.8 Å². The summed E-state index contributed by atoms with van der Waals surface area (Å²) in [7, 11) is 1.58. The first kappa shape index (κ1) is 23.1. The average Bonchev–Trinajstić information content (AvgIpc) is 3.16. The number of hydrogen-bond donors (Lipinski definition) is 1. The number of methoxy groups -OCH3 is 1. The second-order valence-electron chi connectivity index (χ2n) is 9.08. The maximum Gasteiger partial charge on any atom is 0.317 e. The standard InChI is InChI=1S/C21H35ClN4O4/c1-15(2)25-13-18(27)26(12-16-4-6-17(22)7-5-16)21(19(25)28)8-10-24(14-21)20(29)23-9-11-30-3/h15-17H,4-14H2,1-3H3,(H,23,29). The molecule has 3 aliphatic rings. The highest BCUT2D eigenvalue weighted by atomic mass is 35.5. The van der Waals surface area contributed by atoms with Crippen LogP contribution in [0, 0.1) is 5.92 Å². The molecule has 0 radical (unpaired) electrons. The van der Waals surface area contributed by atoms with Crippen molar-refractivity contribution in [1.82, 2.24) is 20.0 Å². The Hall–Kier alpha value is -1.54. The van der Waals surface area contributed by atoms with Crippen LogP contribution in [0.5, 0.6) is 0 Å². The van der Waals surface area contributed by atoms with Gasteiger partial charge in [0.15, 0.2) is 0 Å². The molecule has 0 bridgehead atoms. The van der Waals surface area contributed by atoms with Crippen LogP contribution in [0.4, 0.5) is 4.79 Å². The number of nitrogens with zero attached hydrogens (tertiary/aromatic N) is 3. The molecule has 0 aromatic carbocycles. The molecule has 2 aliphatic heterocycles. The zero-order chi connectivity index (χ0) is 21.9. The van der Waals surface area contributed by atoms with E-state index in [4.69, 9.17) is 16.3 Å². The summed E-state index contributed by atoms with van der Waals surface area (Å²) >= 11 is 6.26. The van der Waals surface area contributed by atoms with E-state index in [-0.39, 0.29) is 42.4 Å². The summed E-state index contributed by atoms with van der Waals surface area (Å²) < 4.78 is 4.99. The lowest BCUT2D eigenvalue weighted by molar-refractivity contribution is -0.167. The van der Waals surface area contributed by atoms with Crippen molar-refractivity contribution in [2.24, 2.45) is 5.92 Å². The van der Waals surface area contributed by atoms with E-state index in [9.17, 15) is 14.4 Å². The van der Waals surface area contributed by atoms with Gasteiger partial charge in [-0.2, -0.15) is 0 Å². The number of urea groups is 1. The van der Waals surface area contributed by atoms with Crippen LogP contribution in [0.1, 0.15) is 46.0 Å². The monoisotopic (exact) mass is 442 g/mol. The molecule has 9 heteroatoms. The predicted molar refractivity (Wildman–Crippen MR) is 114 cm³/mol. The molecular formula is C21H35ClN4O4. The van der Waals surface area contributed by atoms with Gasteiger partial charge in [0, 0.05) is 38.2 Å². The van der Waals surface area contributed by atoms with Crippen molar-refractivity contribution in [3.8, 4) is 0 Å². The van der Waals surface area contributed by atoms with Gasteiger partial charge in [0.2, 0.25) is 5.91 Å². The molecular weight excluding hydrogens is 408 g/mol. The minimum Gasteiger partial charge on any atom is -0.383 e. The number of nitrogens with one attached hydrogen (secondary N) is 1. The number of amides is 4. The van der Waals surface area contributed by atoms with Crippen molar-refractivity contribution in [2.45, 2.75) is 62.9 Å². The van der Waals surface area contributed by atoms with Gasteiger partial charge in [-0.05, 0) is 51.9 Å². The summed E-state index contributed by atoms with van der Waals surface area (Å²) in [6, 6.07) is -0.273. The lowest BCUT2D eigenvalue weighted by Crippen LogP contribution is -2.71. The molecule has 0 aromatic rings. The van der Waals surface area contributed by atoms with Crippen LogP contribution in [0.3, 0.4) is 0 Å². The highest BCUT2D eigenvalue weighted by Crippen LogP contribution is 2.37. The zero-order valence-electron chi connectivity index (χ0n) is 18.4. The van der Waals surface area contributed by atoms with E-state index in [2.05, 4.69) is 5.32 Å². The fourth-order valence-corrected chi connectivity index (χ4v) is 5.17. The molecule has 0 aromatic heterocycles. The van der Waals surface area contributed by atoms with Crippen LogP contribution in [0.25, 0.3) is 0 Å². The highest BCUT2D eigenvalue weighted by molar-refractivity contribution is 6.20. The Balaban J connectivity index is 1.79. The van der Waals surface area contributed by atoms with Crippen LogP contribution < -0.4 is 5.32 Å². The minimum absolute atomic E-state index is 0.0158. The molecule has 1 spiro atoms. The predicted octanol–water partition coefficient (Wildman–Crippen LogP) is 1.66. The summed E-state index contributed by atoms with van der Waals surface area (Å²) in [6.45, 7) is 6.08.